The van der Waals surface area contributed by atoms with Crippen molar-refractivity contribution in [3.63, 3.8) is 0 Å². The maximum Gasteiger partial charge on any atom is 0.303 e. The van der Waals surface area contributed by atoms with E-state index < -0.39 is 0 Å². The van der Waals surface area contributed by atoms with E-state index in [1.807, 2.05) is 0 Å². The van der Waals surface area contributed by atoms with Gasteiger partial charge in [-0.15, -0.1) is 4.79 Å². The number of rotatable bonds is 24. The molecule has 43 heavy (non-hydrogen) atoms. The predicted molar refractivity (Wildman–Crippen MR) is 189 cm³/mol. The van der Waals surface area contributed by atoms with Crippen molar-refractivity contribution in [1.82, 2.24) is 0 Å². The molecule has 0 bridgehead atoms. The second kappa shape index (κ2) is 23.8. The molecular weight excluding hydrogens is 520 g/mol. The van der Waals surface area contributed by atoms with E-state index in [1.165, 1.54) is 130 Å². The van der Waals surface area contributed by atoms with Gasteiger partial charge in [0.05, 0.1) is 5.57 Å². The van der Waals surface area contributed by atoms with Crippen LogP contribution in [0.3, 0.4) is 0 Å². The fourth-order valence-corrected chi connectivity index (χ4v) is 6.17. The predicted octanol–water partition coefficient (Wildman–Crippen LogP) is 12.9. The summed E-state index contributed by atoms with van der Waals surface area (Å²) < 4.78 is 0. The Balaban J connectivity index is 2.63. The fraction of sp³-hybridized carbons (Fsp3) is 0.610. The van der Waals surface area contributed by atoms with Crippen molar-refractivity contribution in [2.75, 3.05) is 0 Å². The van der Waals surface area contributed by atoms with Gasteiger partial charge in [-0.05, 0) is 84.8 Å². The molecule has 2 heteroatoms. The van der Waals surface area contributed by atoms with E-state index in [9.17, 15) is 5.53 Å². The lowest BCUT2D eigenvalue weighted by Crippen LogP contribution is -2.02. The van der Waals surface area contributed by atoms with E-state index in [0.29, 0.717) is 0 Å². The van der Waals surface area contributed by atoms with Gasteiger partial charge in [0.15, 0.2) is 0 Å². The summed E-state index contributed by atoms with van der Waals surface area (Å²) in [5.41, 5.74) is 19.0. The lowest BCUT2D eigenvalue weighted by atomic mass is 9.84. The molecule has 0 radical (unpaired) electrons. The zero-order valence-corrected chi connectivity index (χ0v) is 28.4. The monoisotopic (exact) mass is 582 g/mol. The van der Waals surface area contributed by atoms with Gasteiger partial charge in [0, 0.05) is 0 Å². The van der Waals surface area contributed by atoms with Crippen LogP contribution < -0.4 is 0 Å². The van der Waals surface area contributed by atoms with Crippen LogP contribution >= 0.6 is 0 Å². The molecule has 0 heterocycles. The minimum atomic E-state index is 0.911. The Morgan fingerprint density at radius 1 is 0.558 bits per heavy atom. The topological polar surface area (TPSA) is 36.4 Å². The average Bonchev–Trinajstić information content (AvgIpc) is 3.03. The third-order valence-corrected chi connectivity index (χ3v) is 8.73. The highest BCUT2D eigenvalue weighted by atomic mass is 14.8. The van der Waals surface area contributed by atoms with Gasteiger partial charge in [-0.3, -0.25) is 0 Å². The number of hydrogen-bond donors (Lipinski definition) is 0. The number of nitrogens with zero attached hydrogens (tertiary/aromatic N) is 2. The molecule has 0 aliphatic rings. The van der Waals surface area contributed by atoms with Gasteiger partial charge in [0.25, 0.3) is 0 Å². The molecule has 0 aromatic heterocycles. The van der Waals surface area contributed by atoms with Crippen LogP contribution in [0, 0.1) is 0 Å². The van der Waals surface area contributed by atoms with Gasteiger partial charge in [-0.1, -0.05) is 160 Å². The number of aryl methyl sites for hydroxylation is 2. The Morgan fingerprint density at radius 3 is 1.56 bits per heavy atom. The Morgan fingerprint density at radius 2 is 1.02 bits per heavy atom. The molecule has 0 saturated heterocycles. The first kappa shape index (κ1) is 36.5. The number of unbranched alkanes of at least 4 members (excludes halogenated alkanes) is 13. The molecule has 0 saturated carbocycles. The van der Waals surface area contributed by atoms with Crippen LogP contribution in [0.5, 0.6) is 0 Å². The van der Waals surface area contributed by atoms with E-state index in [0.717, 1.165) is 44.1 Å². The summed E-state index contributed by atoms with van der Waals surface area (Å²) in [5, 5.41) is 0. The zero-order valence-electron chi connectivity index (χ0n) is 28.4. The van der Waals surface area contributed by atoms with Crippen molar-refractivity contribution >= 4 is 11.4 Å². The lowest BCUT2D eigenvalue weighted by molar-refractivity contribution is 0.00739. The summed E-state index contributed by atoms with van der Waals surface area (Å²) in [5.74, 6) is 3.11. The van der Waals surface area contributed by atoms with E-state index in [2.05, 4.69) is 86.9 Å². The highest BCUT2D eigenvalue weighted by Gasteiger charge is 2.19. The summed E-state index contributed by atoms with van der Waals surface area (Å²) >= 11 is 0. The van der Waals surface area contributed by atoms with Crippen LogP contribution in [-0.4, -0.2) is 10.7 Å². The molecule has 0 fully saturated rings. The normalized spacial score (nSPS) is 11.6. The molecule has 0 atom stereocenters. The summed E-state index contributed by atoms with van der Waals surface area (Å²) in [7, 11) is 0. The highest BCUT2D eigenvalue weighted by Crippen LogP contribution is 2.36. The van der Waals surface area contributed by atoms with Crippen molar-refractivity contribution in [2.24, 2.45) is 0 Å². The van der Waals surface area contributed by atoms with Gasteiger partial charge in [-0.25, -0.2) is 0 Å². The van der Waals surface area contributed by atoms with Gasteiger partial charge < -0.3 is 5.53 Å². The van der Waals surface area contributed by atoms with Crippen LogP contribution in [0.15, 0.2) is 59.7 Å². The van der Waals surface area contributed by atoms with Crippen molar-refractivity contribution in [2.45, 2.75) is 163 Å². The molecule has 2 rings (SSSR count). The highest BCUT2D eigenvalue weighted by molar-refractivity contribution is 5.87. The first-order chi connectivity index (χ1) is 21.2. The van der Waals surface area contributed by atoms with E-state index in [1.54, 1.807) is 0 Å². The molecule has 0 unspecified atom stereocenters. The van der Waals surface area contributed by atoms with Gasteiger partial charge >= 0.3 is 5.87 Å². The van der Waals surface area contributed by atoms with Crippen molar-refractivity contribution in [3.05, 3.63) is 87.5 Å². The van der Waals surface area contributed by atoms with Crippen molar-refractivity contribution < 1.29 is 4.79 Å². The summed E-state index contributed by atoms with van der Waals surface area (Å²) in [6.45, 7) is 9.10. The summed E-state index contributed by atoms with van der Waals surface area (Å²) in [4.78, 5) is 3.52. The zero-order chi connectivity index (χ0) is 31.0. The third kappa shape index (κ3) is 14.6. The average molecular weight is 583 g/mol. The molecule has 2 aromatic carbocycles. The van der Waals surface area contributed by atoms with E-state index in [4.69, 9.17) is 0 Å². The quantitative estimate of drug-likeness (QED) is 0.0388. The maximum absolute atomic E-state index is 9.81. The molecule has 0 aliphatic carbocycles. The van der Waals surface area contributed by atoms with Gasteiger partial charge in [0.2, 0.25) is 0 Å². The molecule has 236 valence electrons. The molecule has 2 nitrogen and oxygen atoms in total. The van der Waals surface area contributed by atoms with Gasteiger partial charge in [-0.2, -0.15) is 0 Å². The van der Waals surface area contributed by atoms with Crippen molar-refractivity contribution in [3.8, 4) is 0 Å². The maximum atomic E-state index is 9.81. The molecule has 0 aliphatic heterocycles. The molecular formula is C41H62N2. The summed E-state index contributed by atoms with van der Waals surface area (Å²) in [6, 6.07) is 18.6. The SMILES string of the molecule is CCCCCCCCC(C(=C=[N+]=[N-])CCCCCCC)=C(c1cccc(CCCC)c1)c1cccc(CCCCCC)c1. The van der Waals surface area contributed by atoms with E-state index >= 15 is 0 Å². The molecule has 0 amide bonds. The van der Waals surface area contributed by atoms with Crippen LogP contribution in [0.1, 0.15) is 172 Å². The fourth-order valence-electron chi connectivity index (χ4n) is 6.17. The molecule has 0 spiro atoms. The van der Waals surface area contributed by atoms with Crippen LogP contribution in [-0.2, 0) is 12.8 Å². The van der Waals surface area contributed by atoms with E-state index in [-0.39, 0.29) is 0 Å². The van der Waals surface area contributed by atoms with Crippen LogP contribution in [0.2, 0.25) is 0 Å². The van der Waals surface area contributed by atoms with Crippen molar-refractivity contribution in [1.29, 1.82) is 0 Å². The standard InChI is InChI=1S/C41H62N2/c1-5-9-13-16-18-21-31-40(39(34-43-42)28-20-17-14-10-6-2)41(37-29-22-26-35(32-37)24-12-8-4)38-30-23-27-36(33-38)25-19-15-11-7-3/h22-23,26-27,29-30,32-33H,5-21,24-25,28,31H2,1-4H3. The Kier molecular flexibility index (Phi) is 20.2. The number of allylic oxidation sites excluding steroid dienone is 2. The Labute approximate surface area is 265 Å². The second-order valence-electron chi connectivity index (χ2n) is 12.5. The molecule has 0 N–H and O–H groups in total. The minimum Gasteiger partial charge on any atom is -0.348 e. The minimum absolute atomic E-state index is 0.911. The lowest BCUT2D eigenvalue weighted by Gasteiger charge is -2.19. The Bertz CT molecular complexity index is 1140. The first-order valence-corrected chi connectivity index (χ1v) is 18.1. The smallest absolute Gasteiger partial charge is 0.303 e. The largest absolute Gasteiger partial charge is 0.348 e. The Hall–Kier alpha value is -2.66. The summed E-state index contributed by atoms with van der Waals surface area (Å²) in [6.07, 6.45) is 25.4. The number of hydrogen-bond acceptors (Lipinski definition) is 0. The van der Waals surface area contributed by atoms with Crippen LogP contribution in [0.25, 0.3) is 11.1 Å². The van der Waals surface area contributed by atoms with Gasteiger partial charge in [0.1, 0.15) is 0 Å². The molecule has 2 aromatic rings. The first-order valence-electron chi connectivity index (χ1n) is 18.1. The third-order valence-electron chi connectivity index (χ3n) is 8.73. The number of benzene rings is 2. The second-order valence-corrected chi connectivity index (χ2v) is 12.5. The van der Waals surface area contributed by atoms with Crippen LogP contribution in [0.4, 0.5) is 0 Å².